The summed E-state index contributed by atoms with van der Waals surface area (Å²) in [5, 5.41) is 10.9. The molecule has 0 saturated heterocycles. The second-order valence-electron chi connectivity index (χ2n) is 10.1. The Morgan fingerprint density at radius 3 is 2.37 bits per heavy atom. The van der Waals surface area contributed by atoms with Gasteiger partial charge in [0.2, 0.25) is 0 Å². The maximum absolute atomic E-state index is 13.9. The van der Waals surface area contributed by atoms with Gasteiger partial charge in [0, 0.05) is 17.0 Å². The first kappa shape index (κ1) is 30.0. The summed E-state index contributed by atoms with van der Waals surface area (Å²) in [5.41, 5.74) is 3.05. The van der Waals surface area contributed by atoms with Gasteiger partial charge in [0.1, 0.15) is 12.4 Å². The van der Waals surface area contributed by atoms with Gasteiger partial charge in [0.05, 0.1) is 32.9 Å². The molecule has 1 atom stereocenters. The number of hydrogen-bond donors (Lipinski definition) is 0. The lowest BCUT2D eigenvalue weighted by atomic mass is 9.96. The number of carbonyl (C=O) groups excluding carboxylic acids is 1. The molecule has 1 aromatic heterocycles. The number of fused-ring (bicyclic) bond motifs is 1. The third-order valence-corrected chi connectivity index (χ3v) is 8.47. The van der Waals surface area contributed by atoms with Crippen LogP contribution in [0.4, 0.5) is 5.69 Å². The monoisotopic (exact) mass is 615 g/mol. The van der Waals surface area contributed by atoms with Crippen LogP contribution < -0.4 is 19.6 Å². The number of thiazole rings is 1. The molecule has 0 N–H and O–H groups in total. The zero-order chi connectivity index (χ0) is 30.7. The first-order valence-corrected chi connectivity index (χ1v) is 15.5. The average molecular weight is 616 g/mol. The highest BCUT2D eigenvalue weighted by atomic mass is 32.2. The summed E-state index contributed by atoms with van der Waals surface area (Å²) in [6.07, 6.45) is 3.46. The van der Waals surface area contributed by atoms with Gasteiger partial charge in [-0.3, -0.25) is 19.5 Å². The Balaban J connectivity index is 1.45. The van der Waals surface area contributed by atoms with Crippen molar-refractivity contribution in [3.63, 3.8) is 0 Å². The van der Waals surface area contributed by atoms with Crippen molar-refractivity contribution >= 4 is 40.8 Å². The summed E-state index contributed by atoms with van der Waals surface area (Å²) < 4.78 is 13.5. The maximum Gasteiger partial charge on any atom is 0.338 e. The molecular formula is C32H29N3O6S2. The summed E-state index contributed by atoms with van der Waals surface area (Å²) >= 11 is 2.88. The molecule has 2 heterocycles. The van der Waals surface area contributed by atoms with Gasteiger partial charge >= 0.3 is 5.97 Å². The molecule has 0 unspecified atom stereocenters. The zero-order valence-electron chi connectivity index (χ0n) is 24.0. The number of carbonyl (C=O) groups is 1. The van der Waals surface area contributed by atoms with Crippen LogP contribution in [-0.2, 0) is 16.1 Å². The van der Waals surface area contributed by atoms with E-state index in [1.165, 1.54) is 23.5 Å². The quantitative estimate of drug-likeness (QED) is 0.107. The number of hydrogen-bond acceptors (Lipinski definition) is 9. The molecular weight excluding hydrogens is 587 g/mol. The molecule has 1 aliphatic heterocycles. The number of aromatic nitrogens is 1. The van der Waals surface area contributed by atoms with Gasteiger partial charge in [-0.2, -0.15) is 0 Å². The van der Waals surface area contributed by atoms with E-state index in [0.717, 1.165) is 21.6 Å². The molecule has 43 heavy (non-hydrogen) atoms. The first-order valence-electron chi connectivity index (χ1n) is 13.5. The van der Waals surface area contributed by atoms with E-state index in [1.807, 2.05) is 42.7 Å². The number of nitro benzene ring substituents is 1. The normalized spacial score (nSPS) is 14.8. The van der Waals surface area contributed by atoms with Gasteiger partial charge < -0.3 is 9.47 Å². The topological polar surface area (TPSA) is 113 Å². The molecule has 9 nitrogen and oxygen atoms in total. The van der Waals surface area contributed by atoms with Crippen molar-refractivity contribution in [2.24, 2.45) is 4.99 Å². The standard InChI is InChI=1S/C32H29N3O6S2/c1-19(2)41-31(37)28-20(3)33-32-34(29(28)23-9-15-26(42-4)16-10-23)30(36)27(43-32)17-21-7-13-25(14-8-21)40-18-22-5-11-24(12-6-22)35(38)39/h5-17,19,29H,18H2,1-4H3/b27-17-/t29-/m1/s1. The largest absolute Gasteiger partial charge is 0.489 e. The van der Waals surface area contributed by atoms with Gasteiger partial charge in [-0.25, -0.2) is 9.79 Å². The Morgan fingerprint density at radius 1 is 1.09 bits per heavy atom. The Bertz CT molecular complexity index is 1870. The van der Waals surface area contributed by atoms with Gasteiger partial charge in [-0.05, 0) is 86.2 Å². The highest BCUT2D eigenvalue weighted by molar-refractivity contribution is 7.98. The number of thioether (sulfide) groups is 1. The van der Waals surface area contributed by atoms with Crippen molar-refractivity contribution in [1.82, 2.24) is 4.57 Å². The van der Waals surface area contributed by atoms with Gasteiger partial charge in [0.25, 0.3) is 11.2 Å². The lowest BCUT2D eigenvalue weighted by Crippen LogP contribution is -2.40. The molecule has 1 aliphatic rings. The van der Waals surface area contributed by atoms with Crippen molar-refractivity contribution in [3.05, 3.63) is 131 Å². The van der Waals surface area contributed by atoms with Crippen molar-refractivity contribution in [3.8, 4) is 5.75 Å². The van der Waals surface area contributed by atoms with Crippen molar-refractivity contribution in [2.75, 3.05) is 6.26 Å². The number of esters is 1. The van der Waals surface area contributed by atoms with Crippen LogP contribution in [0.25, 0.3) is 6.08 Å². The maximum atomic E-state index is 13.9. The number of nitrogens with zero attached hydrogens (tertiary/aromatic N) is 3. The smallest absolute Gasteiger partial charge is 0.338 e. The third-order valence-electron chi connectivity index (χ3n) is 6.75. The van der Waals surface area contributed by atoms with Crippen molar-refractivity contribution in [2.45, 2.75) is 44.4 Å². The van der Waals surface area contributed by atoms with E-state index >= 15 is 0 Å². The second-order valence-corrected chi connectivity index (χ2v) is 12.0. The second kappa shape index (κ2) is 12.8. The first-order chi connectivity index (χ1) is 20.6. The summed E-state index contributed by atoms with van der Waals surface area (Å²) in [5.74, 6) is 0.128. The summed E-state index contributed by atoms with van der Waals surface area (Å²) in [7, 11) is 0. The number of rotatable bonds is 9. The Hall–Kier alpha value is -4.48. The minimum atomic E-state index is -0.671. The van der Waals surface area contributed by atoms with Crippen LogP contribution in [0.15, 0.2) is 98.7 Å². The predicted octanol–water partition coefficient (Wildman–Crippen LogP) is 5.40. The van der Waals surface area contributed by atoms with Gasteiger partial charge in [-0.1, -0.05) is 35.6 Å². The molecule has 3 aromatic carbocycles. The molecule has 11 heteroatoms. The zero-order valence-corrected chi connectivity index (χ0v) is 25.6. The van der Waals surface area contributed by atoms with Crippen LogP contribution in [0, 0.1) is 10.1 Å². The fourth-order valence-electron chi connectivity index (χ4n) is 4.65. The fraction of sp³-hybridized carbons (Fsp3) is 0.219. The number of allylic oxidation sites excluding steroid dienone is 1. The van der Waals surface area contributed by atoms with Crippen molar-refractivity contribution in [1.29, 1.82) is 0 Å². The van der Waals surface area contributed by atoms with Gasteiger partial charge in [0.15, 0.2) is 4.80 Å². The third kappa shape index (κ3) is 6.63. The van der Waals surface area contributed by atoms with Crippen LogP contribution in [0.1, 0.15) is 43.5 Å². The molecule has 0 fully saturated rings. The highest BCUT2D eigenvalue weighted by Gasteiger charge is 2.33. The Kier molecular flexibility index (Phi) is 8.93. The lowest BCUT2D eigenvalue weighted by Gasteiger charge is -2.25. The fourth-order valence-corrected chi connectivity index (χ4v) is 6.11. The predicted molar refractivity (Wildman–Crippen MR) is 167 cm³/mol. The van der Waals surface area contributed by atoms with E-state index < -0.39 is 16.9 Å². The van der Waals surface area contributed by atoms with Crippen molar-refractivity contribution < 1.29 is 19.2 Å². The SMILES string of the molecule is CSc1ccc([C@@H]2C(C(=O)OC(C)C)=C(C)N=c3s/c(=C\c4ccc(OCc5ccc([N+](=O)[O-])cc5)cc4)c(=O)n32)cc1. The van der Waals surface area contributed by atoms with Gasteiger partial charge in [-0.15, -0.1) is 11.8 Å². The molecule has 220 valence electrons. The summed E-state index contributed by atoms with van der Waals surface area (Å²) in [4.78, 5) is 43.8. The average Bonchev–Trinajstić information content (AvgIpc) is 3.29. The van der Waals surface area contributed by atoms with E-state index in [0.29, 0.717) is 26.4 Å². The molecule has 5 rings (SSSR count). The van der Waals surface area contributed by atoms with E-state index in [-0.39, 0.29) is 24.0 Å². The number of non-ortho nitro benzene ring substituents is 1. The molecule has 4 aromatic rings. The lowest BCUT2D eigenvalue weighted by molar-refractivity contribution is -0.384. The number of ether oxygens (including phenoxy) is 2. The van der Waals surface area contributed by atoms with Crippen LogP contribution in [0.2, 0.25) is 0 Å². The van der Waals surface area contributed by atoms with Crippen LogP contribution in [0.5, 0.6) is 5.75 Å². The van der Waals surface area contributed by atoms with E-state index in [4.69, 9.17) is 9.47 Å². The van der Waals surface area contributed by atoms with Crippen LogP contribution in [-0.4, -0.2) is 27.8 Å². The molecule has 0 bridgehead atoms. The molecule has 0 aliphatic carbocycles. The molecule has 0 spiro atoms. The number of nitro groups is 1. The van der Waals surface area contributed by atoms with E-state index in [9.17, 15) is 19.7 Å². The van der Waals surface area contributed by atoms with E-state index in [2.05, 4.69) is 4.99 Å². The molecule has 0 amide bonds. The van der Waals surface area contributed by atoms with E-state index in [1.54, 1.807) is 67.4 Å². The summed E-state index contributed by atoms with van der Waals surface area (Å²) in [6.45, 7) is 5.61. The van der Waals surface area contributed by atoms with Crippen LogP contribution in [0.3, 0.4) is 0 Å². The highest BCUT2D eigenvalue weighted by Crippen LogP contribution is 2.32. The Labute approximate surface area is 256 Å². The van der Waals surface area contributed by atoms with Crippen LogP contribution >= 0.6 is 23.1 Å². The Morgan fingerprint density at radius 2 is 1.77 bits per heavy atom. The number of benzene rings is 3. The minimum Gasteiger partial charge on any atom is -0.489 e. The summed E-state index contributed by atoms with van der Waals surface area (Å²) in [6, 6.07) is 20.6. The molecule has 0 saturated carbocycles. The minimum absolute atomic E-state index is 0.0279. The molecule has 0 radical (unpaired) electrons.